The number of rotatable bonds is 3. The van der Waals surface area contributed by atoms with Crippen molar-refractivity contribution in [2.75, 3.05) is 13.1 Å². The van der Waals surface area contributed by atoms with Gasteiger partial charge in [0.05, 0.1) is 6.54 Å². The average molecular weight is 298 g/mol. The molecule has 2 rings (SSSR count). The summed E-state index contributed by atoms with van der Waals surface area (Å²) in [6.45, 7) is 5.46. The summed E-state index contributed by atoms with van der Waals surface area (Å²) < 4.78 is 5.11. The SMILES string of the molecule is CC(C)(C)OC(=O)NC1(C(=O)O)CCN(C(=O)C2CC2)C1. The molecule has 0 radical (unpaired) electrons. The first kappa shape index (κ1) is 15.6. The summed E-state index contributed by atoms with van der Waals surface area (Å²) in [4.78, 5) is 37.0. The number of hydrogen-bond acceptors (Lipinski definition) is 4. The Bertz CT molecular complexity index is 466. The number of carbonyl (C=O) groups excluding carboxylic acids is 2. The van der Waals surface area contributed by atoms with E-state index in [-0.39, 0.29) is 24.8 Å². The van der Waals surface area contributed by atoms with E-state index in [0.717, 1.165) is 12.8 Å². The standard InChI is InChI=1S/C14H22N2O5/c1-13(2,3)21-12(20)15-14(11(18)19)6-7-16(8-14)10(17)9-4-5-9/h9H,4-8H2,1-3H3,(H,15,20)(H,18,19). The van der Waals surface area contributed by atoms with E-state index in [2.05, 4.69) is 5.32 Å². The average Bonchev–Trinajstić information content (AvgIpc) is 3.07. The second-order valence-corrected chi connectivity index (χ2v) is 6.80. The Kier molecular flexibility index (Phi) is 3.86. The number of carboxylic acids is 1. The number of alkyl carbamates (subject to hydrolysis) is 1. The molecule has 0 bridgehead atoms. The van der Waals surface area contributed by atoms with Crippen LogP contribution in [0, 0.1) is 5.92 Å². The summed E-state index contributed by atoms with van der Waals surface area (Å²) in [5.74, 6) is -1.11. The molecule has 1 atom stereocenters. The Hall–Kier alpha value is -1.79. The summed E-state index contributed by atoms with van der Waals surface area (Å²) in [5.41, 5.74) is -2.15. The van der Waals surface area contributed by atoms with Crippen LogP contribution < -0.4 is 5.32 Å². The van der Waals surface area contributed by atoms with E-state index in [1.807, 2.05) is 0 Å². The topological polar surface area (TPSA) is 95.9 Å². The highest BCUT2D eigenvalue weighted by molar-refractivity contribution is 5.88. The summed E-state index contributed by atoms with van der Waals surface area (Å²) in [6, 6.07) is 0. The van der Waals surface area contributed by atoms with E-state index >= 15 is 0 Å². The molecule has 2 N–H and O–H groups in total. The van der Waals surface area contributed by atoms with Crippen LogP contribution in [0.15, 0.2) is 0 Å². The number of hydrogen-bond donors (Lipinski definition) is 2. The van der Waals surface area contributed by atoms with E-state index in [0.29, 0.717) is 6.54 Å². The second-order valence-electron chi connectivity index (χ2n) is 6.80. The van der Waals surface area contributed by atoms with E-state index in [1.165, 1.54) is 4.90 Å². The first-order chi connectivity index (χ1) is 9.63. The zero-order valence-corrected chi connectivity index (χ0v) is 12.6. The summed E-state index contributed by atoms with van der Waals surface area (Å²) >= 11 is 0. The number of carboxylic acid groups (broad SMARTS) is 1. The maximum absolute atomic E-state index is 12.0. The van der Waals surface area contributed by atoms with Crippen molar-refractivity contribution in [1.29, 1.82) is 0 Å². The predicted molar refractivity (Wildman–Crippen MR) is 73.7 cm³/mol. The number of nitrogens with one attached hydrogen (secondary N) is 1. The van der Waals surface area contributed by atoms with Crippen molar-refractivity contribution in [3.05, 3.63) is 0 Å². The van der Waals surface area contributed by atoms with Crippen molar-refractivity contribution in [3.8, 4) is 0 Å². The Balaban J connectivity index is 2.03. The summed E-state index contributed by atoms with van der Waals surface area (Å²) in [6.07, 6.45) is 1.16. The third-order valence-electron chi connectivity index (χ3n) is 3.66. The minimum atomic E-state index is -1.45. The fourth-order valence-electron chi connectivity index (χ4n) is 2.42. The lowest BCUT2D eigenvalue weighted by Crippen LogP contribution is -2.57. The number of nitrogens with zero attached hydrogens (tertiary/aromatic N) is 1. The van der Waals surface area contributed by atoms with Gasteiger partial charge in [0.1, 0.15) is 5.60 Å². The molecule has 1 unspecified atom stereocenters. The lowest BCUT2D eigenvalue weighted by atomic mass is 9.99. The Morgan fingerprint density at radius 3 is 2.38 bits per heavy atom. The van der Waals surface area contributed by atoms with Crippen LogP contribution in [0.5, 0.6) is 0 Å². The highest BCUT2D eigenvalue weighted by atomic mass is 16.6. The first-order valence-electron chi connectivity index (χ1n) is 7.16. The monoisotopic (exact) mass is 298 g/mol. The van der Waals surface area contributed by atoms with Crippen LogP contribution in [-0.2, 0) is 14.3 Å². The minimum Gasteiger partial charge on any atom is -0.479 e. The van der Waals surface area contributed by atoms with Gasteiger partial charge in [-0.15, -0.1) is 0 Å². The van der Waals surface area contributed by atoms with Crippen molar-refractivity contribution in [1.82, 2.24) is 10.2 Å². The maximum atomic E-state index is 12.0. The number of likely N-dealkylation sites (tertiary alicyclic amines) is 1. The van der Waals surface area contributed by atoms with Gasteiger partial charge in [0.15, 0.2) is 5.54 Å². The molecule has 2 fully saturated rings. The van der Waals surface area contributed by atoms with Crippen LogP contribution in [0.4, 0.5) is 4.79 Å². The molecule has 0 aromatic rings. The molecule has 21 heavy (non-hydrogen) atoms. The molecule has 7 nitrogen and oxygen atoms in total. The van der Waals surface area contributed by atoms with Crippen LogP contribution in [0.1, 0.15) is 40.0 Å². The Morgan fingerprint density at radius 1 is 1.29 bits per heavy atom. The number of amides is 2. The predicted octanol–water partition coefficient (Wildman–Crippen LogP) is 0.977. The van der Waals surface area contributed by atoms with Gasteiger partial charge in [0, 0.05) is 18.9 Å². The lowest BCUT2D eigenvalue weighted by molar-refractivity contribution is -0.144. The molecular formula is C14H22N2O5. The van der Waals surface area contributed by atoms with Crippen molar-refractivity contribution in [2.24, 2.45) is 5.92 Å². The van der Waals surface area contributed by atoms with Crippen LogP contribution in [0.3, 0.4) is 0 Å². The van der Waals surface area contributed by atoms with E-state index in [1.54, 1.807) is 20.8 Å². The summed E-state index contributed by atoms with van der Waals surface area (Å²) in [5, 5.41) is 11.9. The van der Waals surface area contributed by atoms with E-state index in [4.69, 9.17) is 4.74 Å². The Labute approximate surface area is 123 Å². The van der Waals surface area contributed by atoms with Crippen molar-refractivity contribution in [3.63, 3.8) is 0 Å². The molecule has 1 saturated heterocycles. The van der Waals surface area contributed by atoms with Gasteiger partial charge in [-0.1, -0.05) is 0 Å². The van der Waals surface area contributed by atoms with Gasteiger partial charge in [-0.05, 0) is 33.6 Å². The van der Waals surface area contributed by atoms with Gasteiger partial charge in [0.2, 0.25) is 5.91 Å². The van der Waals surface area contributed by atoms with Crippen LogP contribution >= 0.6 is 0 Å². The smallest absolute Gasteiger partial charge is 0.408 e. The molecular weight excluding hydrogens is 276 g/mol. The van der Waals surface area contributed by atoms with Gasteiger partial charge in [0.25, 0.3) is 0 Å². The van der Waals surface area contributed by atoms with Gasteiger partial charge in [-0.25, -0.2) is 9.59 Å². The number of ether oxygens (including phenoxy) is 1. The second kappa shape index (κ2) is 5.20. The number of carbonyl (C=O) groups is 3. The Morgan fingerprint density at radius 2 is 1.90 bits per heavy atom. The zero-order chi connectivity index (χ0) is 15.8. The molecule has 1 aliphatic heterocycles. The van der Waals surface area contributed by atoms with E-state index in [9.17, 15) is 19.5 Å². The van der Waals surface area contributed by atoms with Gasteiger partial charge in [-0.3, -0.25) is 4.79 Å². The van der Waals surface area contributed by atoms with Crippen molar-refractivity contribution >= 4 is 18.0 Å². The fraction of sp³-hybridized carbons (Fsp3) is 0.786. The van der Waals surface area contributed by atoms with Gasteiger partial charge < -0.3 is 20.1 Å². The molecule has 1 aliphatic carbocycles. The molecule has 1 saturated carbocycles. The zero-order valence-electron chi connectivity index (χ0n) is 12.6. The molecule has 0 aromatic heterocycles. The van der Waals surface area contributed by atoms with Crippen molar-refractivity contribution in [2.45, 2.75) is 51.2 Å². The fourth-order valence-corrected chi connectivity index (χ4v) is 2.42. The van der Waals surface area contributed by atoms with E-state index < -0.39 is 23.2 Å². The number of aliphatic carboxylic acids is 1. The molecule has 2 amide bonds. The lowest BCUT2D eigenvalue weighted by Gasteiger charge is -2.28. The molecule has 1 heterocycles. The van der Waals surface area contributed by atoms with Crippen LogP contribution in [0.25, 0.3) is 0 Å². The van der Waals surface area contributed by atoms with Gasteiger partial charge >= 0.3 is 12.1 Å². The highest BCUT2D eigenvalue weighted by Crippen LogP contribution is 2.34. The third-order valence-corrected chi connectivity index (χ3v) is 3.66. The molecule has 0 spiro atoms. The highest BCUT2D eigenvalue weighted by Gasteiger charge is 2.49. The van der Waals surface area contributed by atoms with Crippen LogP contribution in [-0.4, -0.2) is 52.2 Å². The maximum Gasteiger partial charge on any atom is 0.408 e. The van der Waals surface area contributed by atoms with Crippen LogP contribution in [0.2, 0.25) is 0 Å². The summed E-state index contributed by atoms with van der Waals surface area (Å²) in [7, 11) is 0. The van der Waals surface area contributed by atoms with Gasteiger partial charge in [-0.2, -0.15) is 0 Å². The van der Waals surface area contributed by atoms with Crippen molar-refractivity contribution < 1.29 is 24.2 Å². The molecule has 7 heteroatoms. The third kappa shape index (κ3) is 3.65. The molecule has 118 valence electrons. The largest absolute Gasteiger partial charge is 0.479 e. The normalized spacial score (nSPS) is 25.6. The molecule has 0 aromatic carbocycles. The molecule has 2 aliphatic rings. The first-order valence-corrected chi connectivity index (χ1v) is 7.16. The minimum absolute atomic E-state index is 0.00307. The quantitative estimate of drug-likeness (QED) is 0.809.